The zero-order chi connectivity index (χ0) is 11.1. The van der Waals surface area contributed by atoms with E-state index in [2.05, 4.69) is 15.1 Å². The summed E-state index contributed by atoms with van der Waals surface area (Å²) in [5, 5.41) is 4.22. The quantitative estimate of drug-likeness (QED) is 0.822. The highest BCUT2D eigenvalue weighted by molar-refractivity contribution is 5.34. The summed E-state index contributed by atoms with van der Waals surface area (Å²) in [4.78, 5) is 8.45. The molecule has 0 saturated heterocycles. The van der Waals surface area contributed by atoms with Crippen molar-refractivity contribution in [2.45, 2.75) is 25.7 Å². The molecule has 0 aromatic carbocycles. The van der Waals surface area contributed by atoms with Crippen molar-refractivity contribution >= 4 is 5.95 Å². The average molecular weight is 215 g/mol. The first-order valence-electron chi connectivity index (χ1n) is 5.38. The standard InChI is InChI=1S/C11H13N5/c1-7-5-13-16(6-7)10-4-9(8-2-3-8)14-11(12)15-10/h4-6,8H,2-3H2,1H3,(H2,12,14,15). The van der Waals surface area contributed by atoms with Gasteiger partial charge in [0.15, 0.2) is 5.82 Å². The monoisotopic (exact) mass is 215 g/mol. The van der Waals surface area contributed by atoms with Crippen molar-refractivity contribution in [1.82, 2.24) is 19.7 Å². The fourth-order valence-corrected chi connectivity index (χ4v) is 1.72. The Morgan fingerprint density at radius 2 is 2.19 bits per heavy atom. The molecular weight excluding hydrogens is 202 g/mol. The maximum atomic E-state index is 5.71. The lowest BCUT2D eigenvalue weighted by Gasteiger charge is -2.04. The lowest BCUT2D eigenvalue weighted by atomic mass is 10.3. The summed E-state index contributed by atoms with van der Waals surface area (Å²) >= 11 is 0. The van der Waals surface area contributed by atoms with Gasteiger partial charge in [0, 0.05) is 18.2 Å². The van der Waals surface area contributed by atoms with Crippen LogP contribution in [-0.2, 0) is 0 Å². The Morgan fingerprint density at radius 3 is 2.81 bits per heavy atom. The van der Waals surface area contributed by atoms with Crippen LogP contribution >= 0.6 is 0 Å². The molecule has 1 aliphatic rings. The predicted octanol–water partition coefficient (Wildman–Crippen LogP) is 1.43. The normalized spacial score (nSPS) is 15.3. The van der Waals surface area contributed by atoms with Gasteiger partial charge < -0.3 is 5.73 Å². The van der Waals surface area contributed by atoms with Crippen molar-refractivity contribution in [3.05, 3.63) is 29.7 Å². The molecule has 1 aliphatic carbocycles. The second-order valence-corrected chi connectivity index (χ2v) is 4.25. The number of rotatable bonds is 2. The van der Waals surface area contributed by atoms with E-state index in [0.717, 1.165) is 17.1 Å². The topological polar surface area (TPSA) is 69.6 Å². The molecule has 16 heavy (non-hydrogen) atoms. The minimum atomic E-state index is 0.326. The fourth-order valence-electron chi connectivity index (χ4n) is 1.72. The molecule has 3 rings (SSSR count). The van der Waals surface area contributed by atoms with Crippen LogP contribution < -0.4 is 5.73 Å². The van der Waals surface area contributed by atoms with Crippen LogP contribution in [0.2, 0.25) is 0 Å². The number of hydrogen-bond acceptors (Lipinski definition) is 4. The van der Waals surface area contributed by atoms with Crippen molar-refractivity contribution in [3.63, 3.8) is 0 Å². The summed E-state index contributed by atoms with van der Waals surface area (Å²) < 4.78 is 1.74. The van der Waals surface area contributed by atoms with Gasteiger partial charge in [-0.3, -0.25) is 0 Å². The fraction of sp³-hybridized carbons (Fsp3) is 0.364. The molecule has 0 aliphatic heterocycles. The zero-order valence-electron chi connectivity index (χ0n) is 9.09. The smallest absolute Gasteiger partial charge is 0.222 e. The molecule has 82 valence electrons. The number of nitrogens with zero attached hydrogens (tertiary/aromatic N) is 4. The number of anilines is 1. The third kappa shape index (κ3) is 1.64. The number of nitrogen functional groups attached to an aromatic ring is 1. The number of aromatic nitrogens is 4. The van der Waals surface area contributed by atoms with Gasteiger partial charge in [-0.1, -0.05) is 0 Å². The summed E-state index contributed by atoms with van der Waals surface area (Å²) in [5.41, 5.74) is 7.85. The van der Waals surface area contributed by atoms with E-state index in [9.17, 15) is 0 Å². The molecule has 0 amide bonds. The highest BCUT2D eigenvalue weighted by Gasteiger charge is 2.26. The van der Waals surface area contributed by atoms with Gasteiger partial charge in [0.2, 0.25) is 5.95 Å². The number of aryl methyl sites for hydroxylation is 1. The minimum Gasteiger partial charge on any atom is -0.368 e. The van der Waals surface area contributed by atoms with Gasteiger partial charge in [-0.2, -0.15) is 10.1 Å². The first kappa shape index (κ1) is 9.33. The molecule has 2 N–H and O–H groups in total. The predicted molar refractivity (Wildman–Crippen MR) is 60.3 cm³/mol. The molecule has 5 nitrogen and oxygen atoms in total. The first-order chi connectivity index (χ1) is 7.72. The highest BCUT2D eigenvalue weighted by Crippen LogP contribution is 2.39. The van der Waals surface area contributed by atoms with Gasteiger partial charge in [0.25, 0.3) is 0 Å². The summed E-state index contributed by atoms with van der Waals surface area (Å²) in [6.07, 6.45) is 6.13. The SMILES string of the molecule is Cc1cnn(-c2cc(C3CC3)nc(N)n2)c1. The van der Waals surface area contributed by atoms with Crippen LogP contribution in [0.1, 0.15) is 30.0 Å². The van der Waals surface area contributed by atoms with Gasteiger partial charge in [-0.25, -0.2) is 9.67 Å². The van der Waals surface area contributed by atoms with Crippen LogP contribution in [-0.4, -0.2) is 19.7 Å². The number of hydrogen-bond donors (Lipinski definition) is 1. The van der Waals surface area contributed by atoms with Crippen LogP contribution in [0.5, 0.6) is 0 Å². The molecule has 5 heteroatoms. The molecule has 0 spiro atoms. The lowest BCUT2D eigenvalue weighted by Crippen LogP contribution is -2.05. The first-order valence-corrected chi connectivity index (χ1v) is 5.38. The molecule has 0 bridgehead atoms. The van der Waals surface area contributed by atoms with E-state index in [0.29, 0.717) is 11.9 Å². The van der Waals surface area contributed by atoms with Gasteiger partial charge in [0.1, 0.15) is 0 Å². The van der Waals surface area contributed by atoms with Crippen molar-refractivity contribution in [2.75, 3.05) is 5.73 Å². The molecular formula is C11H13N5. The minimum absolute atomic E-state index is 0.326. The molecule has 0 radical (unpaired) electrons. The molecule has 1 fully saturated rings. The van der Waals surface area contributed by atoms with Gasteiger partial charge >= 0.3 is 0 Å². The van der Waals surface area contributed by atoms with Crippen molar-refractivity contribution in [1.29, 1.82) is 0 Å². The Morgan fingerprint density at radius 1 is 1.38 bits per heavy atom. The second kappa shape index (κ2) is 3.30. The largest absolute Gasteiger partial charge is 0.368 e. The average Bonchev–Trinajstić information content (AvgIpc) is 3.01. The Kier molecular flexibility index (Phi) is 1.92. The molecule has 0 unspecified atom stereocenters. The van der Waals surface area contributed by atoms with E-state index in [1.54, 1.807) is 10.9 Å². The van der Waals surface area contributed by atoms with E-state index in [1.165, 1.54) is 12.8 Å². The summed E-state index contributed by atoms with van der Waals surface area (Å²) in [6, 6.07) is 1.97. The highest BCUT2D eigenvalue weighted by atomic mass is 15.3. The Balaban J connectivity index is 2.06. The van der Waals surface area contributed by atoms with E-state index in [-0.39, 0.29) is 0 Å². The zero-order valence-corrected chi connectivity index (χ0v) is 9.09. The van der Waals surface area contributed by atoms with Crippen molar-refractivity contribution in [2.24, 2.45) is 0 Å². The third-order valence-electron chi connectivity index (χ3n) is 2.69. The van der Waals surface area contributed by atoms with Gasteiger partial charge in [0.05, 0.1) is 11.9 Å². The maximum Gasteiger partial charge on any atom is 0.222 e. The van der Waals surface area contributed by atoms with Crippen molar-refractivity contribution in [3.8, 4) is 5.82 Å². The Hall–Kier alpha value is -1.91. The van der Waals surface area contributed by atoms with E-state index in [1.807, 2.05) is 19.2 Å². The third-order valence-corrected chi connectivity index (χ3v) is 2.69. The summed E-state index contributed by atoms with van der Waals surface area (Å²) in [7, 11) is 0. The van der Waals surface area contributed by atoms with E-state index >= 15 is 0 Å². The summed E-state index contributed by atoms with van der Waals surface area (Å²) in [6.45, 7) is 2.00. The maximum absolute atomic E-state index is 5.71. The molecule has 2 aromatic heterocycles. The van der Waals surface area contributed by atoms with Crippen LogP contribution in [0.4, 0.5) is 5.95 Å². The Labute approximate surface area is 93.3 Å². The van der Waals surface area contributed by atoms with Crippen molar-refractivity contribution < 1.29 is 0 Å². The van der Waals surface area contributed by atoms with Crippen LogP contribution in [0.15, 0.2) is 18.5 Å². The van der Waals surface area contributed by atoms with Crippen LogP contribution in [0.3, 0.4) is 0 Å². The van der Waals surface area contributed by atoms with E-state index < -0.39 is 0 Å². The van der Waals surface area contributed by atoms with Crippen LogP contribution in [0, 0.1) is 6.92 Å². The summed E-state index contributed by atoms with van der Waals surface area (Å²) in [5.74, 6) is 1.65. The number of nitrogens with two attached hydrogens (primary N) is 1. The molecule has 1 saturated carbocycles. The second-order valence-electron chi connectivity index (χ2n) is 4.25. The van der Waals surface area contributed by atoms with Gasteiger partial charge in [-0.15, -0.1) is 0 Å². The van der Waals surface area contributed by atoms with E-state index in [4.69, 9.17) is 5.73 Å². The Bertz CT molecular complexity index is 527. The van der Waals surface area contributed by atoms with Gasteiger partial charge in [-0.05, 0) is 25.3 Å². The molecule has 2 aromatic rings. The molecule has 2 heterocycles. The molecule has 0 atom stereocenters. The van der Waals surface area contributed by atoms with Crippen LogP contribution in [0.25, 0.3) is 5.82 Å². The lowest BCUT2D eigenvalue weighted by molar-refractivity contribution is 0.831.